The van der Waals surface area contributed by atoms with E-state index in [1.807, 2.05) is 84.9 Å². The van der Waals surface area contributed by atoms with Gasteiger partial charge in [0.05, 0.1) is 18.6 Å². The Morgan fingerprint density at radius 3 is 2.20 bits per heavy atom. The SMILES string of the molecule is O=C(O)[C@@H]1[C@@H]2CC[C@@H](CC2OCc2cccc(Cl)c2)N1C(=O)C(c1ccccc1)c1ccccc1. The summed E-state index contributed by atoms with van der Waals surface area (Å²) in [5, 5.41) is 10.9. The van der Waals surface area contributed by atoms with E-state index in [-0.39, 0.29) is 24.0 Å². The largest absolute Gasteiger partial charge is 0.480 e. The summed E-state index contributed by atoms with van der Waals surface area (Å²) in [5.74, 6) is -1.93. The Balaban J connectivity index is 1.42. The van der Waals surface area contributed by atoms with E-state index in [0.29, 0.717) is 18.1 Å². The molecule has 6 heteroatoms. The van der Waals surface area contributed by atoms with Gasteiger partial charge in [-0.25, -0.2) is 4.79 Å². The fraction of sp³-hybridized carbons (Fsp3) is 0.310. The molecular weight excluding hydrogens is 462 g/mol. The Bertz CT molecular complexity index is 1150. The number of nitrogens with zero attached hydrogens (tertiary/aromatic N) is 1. The number of carbonyl (C=O) groups is 2. The van der Waals surface area contributed by atoms with Gasteiger partial charge in [0.15, 0.2) is 0 Å². The minimum Gasteiger partial charge on any atom is -0.480 e. The molecule has 2 bridgehead atoms. The maximum absolute atomic E-state index is 14.1. The van der Waals surface area contributed by atoms with E-state index in [0.717, 1.165) is 29.5 Å². The lowest BCUT2D eigenvalue weighted by Gasteiger charge is -2.53. The quantitative estimate of drug-likeness (QED) is 0.474. The predicted molar refractivity (Wildman–Crippen MR) is 134 cm³/mol. The van der Waals surface area contributed by atoms with E-state index in [2.05, 4.69) is 0 Å². The molecule has 2 heterocycles. The van der Waals surface area contributed by atoms with Gasteiger partial charge < -0.3 is 14.7 Å². The zero-order valence-electron chi connectivity index (χ0n) is 19.3. The Morgan fingerprint density at radius 2 is 1.60 bits per heavy atom. The summed E-state index contributed by atoms with van der Waals surface area (Å²) in [7, 11) is 0. The maximum Gasteiger partial charge on any atom is 0.326 e. The van der Waals surface area contributed by atoms with Crippen LogP contribution in [0.4, 0.5) is 0 Å². The first kappa shape index (κ1) is 23.6. The molecule has 1 N–H and O–H groups in total. The summed E-state index contributed by atoms with van der Waals surface area (Å²) in [6.07, 6.45) is 1.93. The van der Waals surface area contributed by atoms with Gasteiger partial charge >= 0.3 is 5.97 Å². The third-order valence-electron chi connectivity index (χ3n) is 7.29. The van der Waals surface area contributed by atoms with Crippen LogP contribution in [-0.2, 0) is 20.9 Å². The second-order valence-corrected chi connectivity index (χ2v) is 9.83. The summed E-state index contributed by atoms with van der Waals surface area (Å²) in [4.78, 5) is 28.3. The van der Waals surface area contributed by atoms with Crippen LogP contribution in [0.1, 0.15) is 41.9 Å². The number of carboxylic acids is 1. The molecular formula is C29H28ClNO4. The van der Waals surface area contributed by atoms with Crippen LogP contribution >= 0.6 is 11.6 Å². The zero-order chi connectivity index (χ0) is 24.4. The van der Waals surface area contributed by atoms with E-state index in [1.165, 1.54) is 0 Å². The Hall–Kier alpha value is -3.15. The molecule has 2 aliphatic heterocycles. The number of ether oxygens (including phenoxy) is 1. The lowest BCUT2D eigenvalue weighted by molar-refractivity contribution is -0.177. The lowest BCUT2D eigenvalue weighted by Crippen LogP contribution is -2.65. The summed E-state index contributed by atoms with van der Waals surface area (Å²) in [6.45, 7) is 0.366. The van der Waals surface area contributed by atoms with Gasteiger partial charge in [0.1, 0.15) is 6.04 Å². The highest BCUT2D eigenvalue weighted by atomic mass is 35.5. The standard InChI is InChI=1S/C29H28ClNO4/c30-22-13-7-8-19(16-22)18-35-25-17-23-14-15-24(25)27(29(33)34)31(23)28(32)26(20-9-3-1-4-10-20)21-11-5-2-6-12-21/h1-13,16,23-27H,14-15,17-18H2,(H,33,34)/t23-,24+,25?,27-/m0/s1. The monoisotopic (exact) mass is 489 g/mol. The van der Waals surface area contributed by atoms with E-state index < -0.39 is 17.9 Å². The minimum atomic E-state index is -0.969. The van der Waals surface area contributed by atoms with Gasteiger partial charge in [-0.15, -0.1) is 0 Å². The molecule has 3 aromatic rings. The highest BCUT2D eigenvalue weighted by Gasteiger charge is 2.53. The van der Waals surface area contributed by atoms with Crippen LogP contribution in [0.3, 0.4) is 0 Å². The van der Waals surface area contributed by atoms with E-state index in [1.54, 1.807) is 4.90 Å². The Kier molecular flexibility index (Phi) is 6.89. The molecule has 3 aromatic carbocycles. The molecule has 1 unspecified atom stereocenters. The van der Waals surface area contributed by atoms with E-state index >= 15 is 0 Å². The number of rotatable bonds is 7. The molecule has 0 spiro atoms. The number of halogens is 1. The molecule has 2 saturated heterocycles. The van der Waals surface area contributed by atoms with Crippen molar-refractivity contribution in [3.8, 4) is 0 Å². The Morgan fingerprint density at radius 1 is 0.943 bits per heavy atom. The number of carbonyl (C=O) groups excluding carboxylic acids is 1. The van der Waals surface area contributed by atoms with Gasteiger partial charge in [0.25, 0.3) is 0 Å². The van der Waals surface area contributed by atoms with Gasteiger partial charge in [-0.1, -0.05) is 84.4 Å². The second-order valence-electron chi connectivity index (χ2n) is 9.39. The van der Waals surface area contributed by atoms with Crippen LogP contribution in [0.5, 0.6) is 0 Å². The van der Waals surface area contributed by atoms with Gasteiger partial charge in [0, 0.05) is 17.0 Å². The molecule has 1 saturated carbocycles. The smallest absolute Gasteiger partial charge is 0.326 e. The third kappa shape index (κ3) is 4.84. The van der Waals surface area contributed by atoms with Gasteiger partial charge in [-0.05, 0) is 48.1 Å². The van der Waals surface area contributed by atoms with Crippen molar-refractivity contribution in [2.24, 2.45) is 5.92 Å². The molecule has 1 aliphatic carbocycles. The molecule has 1 amide bonds. The second kappa shape index (κ2) is 10.2. The van der Waals surface area contributed by atoms with Crippen LogP contribution in [0.2, 0.25) is 5.02 Å². The molecule has 35 heavy (non-hydrogen) atoms. The van der Waals surface area contributed by atoms with Crippen molar-refractivity contribution in [3.05, 3.63) is 107 Å². The van der Waals surface area contributed by atoms with E-state index in [9.17, 15) is 14.7 Å². The van der Waals surface area contributed by atoms with Crippen LogP contribution in [0.25, 0.3) is 0 Å². The molecule has 5 nitrogen and oxygen atoms in total. The molecule has 0 radical (unpaired) electrons. The molecule has 180 valence electrons. The number of benzene rings is 3. The third-order valence-corrected chi connectivity index (χ3v) is 7.52. The summed E-state index contributed by atoms with van der Waals surface area (Å²) in [5.41, 5.74) is 2.68. The number of amides is 1. The van der Waals surface area contributed by atoms with Crippen molar-refractivity contribution in [2.45, 2.75) is 50.0 Å². The Labute approximate surface area is 210 Å². The van der Waals surface area contributed by atoms with Crippen molar-refractivity contribution in [2.75, 3.05) is 0 Å². The van der Waals surface area contributed by atoms with Gasteiger partial charge in [0.2, 0.25) is 5.91 Å². The number of hydrogen-bond acceptors (Lipinski definition) is 3. The highest BCUT2D eigenvalue weighted by Crippen LogP contribution is 2.44. The normalized spacial score (nSPS) is 23.4. The number of aliphatic carboxylic acids is 1. The van der Waals surface area contributed by atoms with Crippen molar-refractivity contribution in [1.29, 1.82) is 0 Å². The van der Waals surface area contributed by atoms with Crippen molar-refractivity contribution < 1.29 is 19.4 Å². The topological polar surface area (TPSA) is 66.8 Å². The minimum absolute atomic E-state index is 0.155. The molecule has 3 fully saturated rings. The first-order valence-corrected chi connectivity index (χ1v) is 12.4. The summed E-state index contributed by atoms with van der Waals surface area (Å²) < 4.78 is 6.24. The van der Waals surface area contributed by atoms with Crippen LogP contribution in [0, 0.1) is 5.92 Å². The van der Waals surface area contributed by atoms with E-state index in [4.69, 9.17) is 16.3 Å². The van der Waals surface area contributed by atoms with Crippen LogP contribution in [-0.4, -0.2) is 40.1 Å². The number of piperidine rings is 2. The molecule has 6 rings (SSSR count). The summed E-state index contributed by atoms with van der Waals surface area (Å²) >= 11 is 6.10. The number of fused-ring (bicyclic) bond motifs is 3. The van der Waals surface area contributed by atoms with Crippen LogP contribution in [0.15, 0.2) is 84.9 Å². The highest BCUT2D eigenvalue weighted by molar-refractivity contribution is 6.30. The summed E-state index contributed by atoms with van der Waals surface area (Å²) in [6, 6.07) is 25.6. The lowest BCUT2D eigenvalue weighted by atomic mass is 9.71. The maximum atomic E-state index is 14.1. The molecule has 3 aliphatic rings. The molecule has 0 aromatic heterocycles. The van der Waals surface area contributed by atoms with Gasteiger partial charge in [-0.2, -0.15) is 0 Å². The first-order chi connectivity index (χ1) is 17.0. The fourth-order valence-electron chi connectivity index (χ4n) is 5.74. The average Bonchev–Trinajstić information content (AvgIpc) is 2.88. The molecule has 4 atom stereocenters. The van der Waals surface area contributed by atoms with Crippen molar-refractivity contribution >= 4 is 23.5 Å². The zero-order valence-corrected chi connectivity index (χ0v) is 20.1. The fourth-order valence-corrected chi connectivity index (χ4v) is 5.95. The first-order valence-electron chi connectivity index (χ1n) is 12.0. The van der Waals surface area contributed by atoms with Gasteiger partial charge in [-0.3, -0.25) is 4.79 Å². The number of carboxylic acid groups (broad SMARTS) is 1. The van der Waals surface area contributed by atoms with Crippen LogP contribution < -0.4 is 0 Å². The predicted octanol–water partition coefficient (Wildman–Crippen LogP) is 5.52. The average molecular weight is 490 g/mol. The van der Waals surface area contributed by atoms with Crippen molar-refractivity contribution in [1.82, 2.24) is 4.90 Å². The van der Waals surface area contributed by atoms with Crippen molar-refractivity contribution in [3.63, 3.8) is 0 Å². The number of hydrogen-bond donors (Lipinski definition) is 1.